The molecule has 3 aromatic carbocycles. The van der Waals surface area contributed by atoms with E-state index in [4.69, 9.17) is 4.74 Å². The Hall–Kier alpha value is -3.34. The van der Waals surface area contributed by atoms with E-state index in [2.05, 4.69) is 0 Å². The highest BCUT2D eigenvalue weighted by Gasteiger charge is 2.29. The topological polar surface area (TPSA) is 49.8 Å². The summed E-state index contributed by atoms with van der Waals surface area (Å²) >= 11 is 0. The lowest BCUT2D eigenvalue weighted by molar-refractivity contribution is 0.113. The number of para-hydroxylation sites is 1. The van der Waals surface area contributed by atoms with E-state index < -0.39 is 6.09 Å². The summed E-state index contributed by atoms with van der Waals surface area (Å²) in [6, 6.07) is 21.7. The van der Waals surface area contributed by atoms with E-state index in [9.17, 15) is 14.3 Å². The highest BCUT2D eigenvalue weighted by atomic mass is 19.1. The van der Waals surface area contributed by atoms with Gasteiger partial charge in [-0.2, -0.15) is 0 Å². The molecule has 0 spiro atoms. The van der Waals surface area contributed by atoms with Gasteiger partial charge in [-0.05, 0) is 17.2 Å². The highest BCUT2D eigenvalue weighted by Crippen LogP contribution is 2.39. The van der Waals surface area contributed by atoms with E-state index in [1.165, 1.54) is 11.0 Å². The van der Waals surface area contributed by atoms with E-state index in [-0.39, 0.29) is 18.5 Å². The third kappa shape index (κ3) is 3.69. The van der Waals surface area contributed by atoms with Gasteiger partial charge in [0.25, 0.3) is 0 Å². The number of benzene rings is 3. The Bertz CT molecular complexity index is 990. The molecule has 1 aliphatic rings. The van der Waals surface area contributed by atoms with Gasteiger partial charge in [0.1, 0.15) is 17.7 Å². The molecule has 1 unspecified atom stereocenters. The summed E-state index contributed by atoms with van der Waals surface area (Å²) in [5.74, 6) is 0.335. The molecule has 1 amide bonds. The van der Waals surface area contributed by atoms with Crippen LogP contribution >= 0.6 is 0 Å². The molecule has 1 atom stereocenters. The van der Waals surface area contributed by atoms with E-state index in [0.29, 0.717) is 29.8 Å². The Morgan fingerprint density at radius 2 is 1.71 bits per heavy atom. The first-order valence-corrected chi connectivity index (χ1v) is 9.17. The number of rotatable bonds is 5. The fourth-order valence-electron chi connectivity index (χ4n) is 3.59. The predicted molar refractivity (Wildman–Crippen MR) is 105 cm³/mol. The molecule has 5 heteroatoms. The van der Waals surface area contributed by atoms with Gasteiger partial charge in [-0.15, -0.1) is 0 Å². The summed E-state index contributed by atoms with van der Waals surface area (Å²) in [5, 5.41) is 9.60. The molecule has 0 saturated heterocycles. The van der Waals surface area contributed by atoms with Gasteiger partial charge in [-0.25, -0.2) is 9.18 Å². The normalized spacial score (nSPS) is 15.0. The average Bonchev–Trinajstić information content (AvgIpc) is 3.11. The van der Waals surface area contributed by atoms with Gasteiger partial charge < -0.3 is 14.7 Å². The van der Waals surface area contributed by atoms with Crippen LogP contribution < -0.4 is 4.74 Å². The number of halogens is 1. The van der Waals surface area contributed by atoms with Crippen LogP contribution in [0.4, 0.5) is 9.18 Å². The van der Waals surface area contributed by atoms with Crippen LogP contribution in [0.15, 0.2) is 72.8 Å². The Balaban J connectivity index is 1.54. The summed E-state index contributed by atoms with van der Waals surface area (Å²) in [6.07, 6.45) is -0.698. The summed E-state index contributed by atoms with van der Waals surface area (Å²) in [5.41, 5.74) is 3.07. The van der Waals surface area contributed by atoms with Crippen molar-refractivity contribution in [3.05, 3.63) is 89.7 Å². The minimum atomic E-state index is -0.988. The minimum absolute atomic E-state index is 0.246. The quantitative estimate of drug-likeness (QED) is 0.682. The zero-order valence-electron chi connectivity index (χ0n) is 15.2. The number of fused-ring (bicyclic) bond motifs is 1. The Labute approximate surface area is 162 Å². The highest BCUT2D eigenvalue weighted by molar-refractivity contribution is 5.73. The fraction of sp³-hybridized carbons (Fsp3) is 0.174. The number of carboxylic acid groups (broad SMARTS) is 1. The van der Waals surface area contributed by atoms with Crippen LogP contribution in [0.2, 0.25) is 0 Å². The molecular weight excluding hydrogens is 357 g/mol. The van der Waals surface area contributed by atoms with Gasteiger partial charge in [0.2, 0.25) is 0 Å². The zero-order chi connectivity index (χ0) is 19.5. The van der Waals surface area contributed by atoms with Crippen molar-refractivity contribution in [1.82, 2.24) is 4.90 Å². The van der Waals surface area contributed by atoms with Crippen molar-refractivity contribution in [2.75, 3.05) is 6.54 Å². The molecule has 142 valence electrons. The maximum absolute atomic E-state index is 14.3. The lowest BCUT2D eigenvalue weighted by Crippen LogP contribution is -2.37. The maximum atomic E-state index is 14.3. The first kappa shape index (κ1) is 18.0. The Morgan fingerprint density at radius 3 is 2.46 bits per heavy atom. The summed E-state index contributed by atoms with van der Waals surface area (Å²) in [7, 11) is 0. The molecule has 0 saturated carbocycles. The molecule has 4 rings (SSSR count). The molecule has 0 bridgehead atoms. The molecule has 0 radical (unpaired) electrons. The smallest absolute Gasteiger partial charge is 0.407 e. The fourth-order valence-corrected chi connectivity index (χ4v) is 3.59. The SMILES string of the molecule is O=C(O)N(Cc1ccccc1)CC1Cc2cccc(-c3ccccc3F)c2O1. The first-order valence-electron chi connectivity index (χ1n) is 9.17. The van der Waals surface area contributed by atoms with E-state index in [1.54, 1.807) is 18.2 Å². The summed E-state index contributed by atoms with van der Waals surface area (Å²) in [4.78, 5) is 13.1. The van der Waals surface area contributed by atoms with E-state index in [0.717, 1.165) is 11.1 Å². The number of hydrogen-bond acceptors (Lipinski definition) is 2. The van der Waals surface area contributed by atoms with Gasteiger partial charge in [-0.3, -0.25) is 0 Å². The lowest BCUT2D eigenvalue weighted by Gasteiger charge is -2.23. The second kappa shape index (κ2) is 7.72. The largest absolute Gasteiger partial charge is 0.487 e. The number of ether oxygens (including phenoxy) is 1. The van der Waals surface area contributed by atoms with Crippen LogP contribution in [0.1, 0.15) is 11.1 Å². The average molecular weight is 377 g/mol. The standard InChI is InChI=1S/C23H20FNO3/c24-21-12-5-4-10-19(21)20-11-6-9-17-13-18(28-22(17)20)15-25(23(26)27)14-16-7-2-1-3-8-16/h1-12,18H,13-15H2,(H,26,27). The van der Waals surface area contributed by atoms with E-state index >= 15 is 0 Å². The molecule has 1 N–H and O–H groups in total. The summed E-state index contributed by atoms with van der Waals surface area (Å²) in [6.45, 7) is 0.544. The number of amides is 1. The van der Waals surface area contributed by atoms with Crippen LogP contribution in [0.5, 0.6) is 5.75 Å². The Morgan fingerprint density at radius 1 is 1.00 bits per heavy atom. The molecule has 3 aromatic rings. The lowest BCUT2D eigenvalue weighted by atomic mass is 10.00. The molecule has 0 fully saturated rings. The number of carbonyl (C=O) groups is 1. The van der Waals surface area contributed by atoms with Crippen LogP contribution in [-0.4, -0.2) is 28.7 Å². The van der Waals surface area contributed by atoms with Crippen molar-refractivity contribution in [3.63, 3.8) is 0 Å². The van der Waals surface area contributed by atoms with Crippen molar-refractivity contribution >= 4 is 6.09 Å². The van der Waals surface area contributed by atoms with Gasteiger partial charge in [0, 0.05) is 24.1 Å². The molecule has 1 heterocycles. The van der Waals surface area contributed by atoms with Gasteiger partial charge in [0.05, 0.1) is 6.54 Å². The number of hydrogen-bond donors (Lipinski definition) is 1. The second-order valence-corrected chi connectivity index (χ2v) is 6.87. The first-order chi connectivity index (χ1) is 13.6. The number of nitrogens with zero attached hydrogens (tertiary/aromatic N) is 1. The molecule has 0 aliphatic carbocycles. The minimum Gasteiger partial charge on any atom is -0.487 e. The molecule has 0 aromatic heterocycles. The third-order valence-electron chi connectivity index (χ3n) is 4.90. The van der Waals surface area contributed by atoms with Gasteiger partial charge >= 0.3 is 6.09 Å². The van der Waals surface area contributed by atoms with Gasteiger partial charge in [0.15, 0.2) is 0 Å². The Kier molecular flexibility index (Phi) is 4.98. The molecular formula is C23H20FNO3. The second-order valence-electron chi connectivity index (χ2n) is 6.87. The predicted octanol–water partition coefficient (Wildman–Crippen LogP) is 4.98. The molecule has 4 nitrogen and oxygen atoms in total. The summed E-state index contributed by atoms with van der Waals surface area (Å²) < 4.78 is 20.4. The van der Waals surface area contributed by atoms with Crippen LogP contribution in [-0.2, 0) is 13.0 Å². The molecule has 28 heavy (non-hydrogen) atoms. The zero-order valence-corrected chi connectivity index (χ0v) is 15.2. The van der Waals surface area contributed by atoms with Crippen molar-refractivity contribution in [1.29, 1.82) is 0 Å². The van der Waals surface area contributed by atoms with Crippen molar-refractivity contribution in [2.24, 2.45) is 0 Å². The van der Waals surface area contributed by atoms with Crippen molar-refractivity contribution in [3.8, 4) is 16.9 Å². The van der Waals surface area contributed by atoms with Crippen molar-refractivity contribution < 1.29 is 19.0 Å². The van der Waals surface area contributed by atoms with Crippen LogP contribution in [0.25, 0.3) is 11.1 Å². The molecule has 1 aliphatic heterocycles. The van der Waals surface area contributed by atoms with Crippen LogP contribution in [0.3, 0.4) is 0 Å². The monoisotopic (exact) mass is 377 g/mol. The van der Waals surface area contributed by atoms with Gasteiger partial charge in [-0.1, -0.05) is 66.7 Å². The van der Waals surface area contributed by atoms with Crippen LogP contribution in [0, 0.1) is 5.82 Å². The third-order valence-corrected chi connectivity index (χ3v) is 4.90. The van der Waals surface area contributed by atoms with Crippen molar-refractivity contribution in [2.45, 2.75) is 19.1 Å². The van der Waals surface area contributed by atoms with E-state index in [1.807, 2.05) is 48.5 Å². The maximum Gasteiger partial charge on any atom is 0.407 e.